The van der Waals surface area contributed by atoms with E-state index in [9.17, 15) is 10.1 Å². The Bertz CT molecular complexity index is 1320. The van der Waals surface area contributed by atoms with E-state index < -0.39 is 0 Å². The van der Waals surface area contributed by atoms with Crippen LogP contribution in [0.3, 0.4) is 0 Å². The molecule has 0 saturated heterocycles. The number of rotatable bonds is 9. The first-order valence-electron chi connectivity index (χ1n) is 12.1. The van der Waals surface area contributed by atoms with Gasteiger partial charge in [0.1, 0.15) is 0 Å². The molecule has 1 unspecified atom stereocenters. The average Bonchev–Trinajstić information content (AvgIpc) is 3.42. The van der Waals surface area contributed by atoms with Gasteiger partial charge in [-0.15, -0.1) is 0 Å². The molecule has 1 atom stereocenters. The van der Waals surface area contributed by atoms with Gasteiger partial charge in [0.05, 0.1) is 36.2 Å². The molecule has 0 aliphatic rings. The van der Waals surface area contributed by atoms with E-state index >= 15 is 0 Å². The van der Waals surface area contributed by atoms with E-state index in [2.05, 4.69) is 66.4 Å². The number of hydrogen-bond acceptors (Lipinski definition) is 4. The predicted octanol–water partition coefficient (Wildman–Crippen LogP) is 6.14. The second-order valence-corrected chi connectivity index (χ2v) is 9.31. The third kappa shape index (κ3) is 6.19. The molecule has 4 rings (SSSR count). The molecule has 4 aromatic rings. The molecule has 182 valence electrons. The van der Waals surface area contributed by atoms with E-state index in [1.54, 1.807) is 12.4 Å². The number of carbonyl (C=O) groups is 1. The fourth-order valence-corrected chi connectivity index (χ4v) is 4.22. The third-order valence-electron chi connectivity index (χ3n) is 6.27. The van der Waals surface area contributed by atoms with Crippen molar-refractivity contribution in [3.8, 4) is 6.07 Å². The number of anilines is 2. The van der Waals surface area contributed by atoms with Crippen LogP contribution in [0.25, 0.3) is 0 Å². The van der Waals surface area contributed by atoms with Crippen molar-refractivity contribution in [3.05, 3.63) is 113 Å². The lowest BCUT2D eigenvalue weighted by atomic mass is 10.00. The molecule has 0 aliphatic heterocycles. The van der Waals surface area contributed by atoms with Crippen molar-refractivity contribution in [1.82, 2.24) is 9.97 Å². The van der Waals surface area contributed by atoms with E-state index in [-0.39, 0.29) is 18.5 Å². The first-order valence-corrected chi connectivity index (χ1v) is 12.1. The van der Waals surface area contributed by atoms with Gasteiger partial charge in [-0.3, -0.25) is 4.79 Å². The Kier molecular flexibility index (Phi) is 7.82. The number of hydrogen-bond donors (Lipinski definition) is 2. The summed E-state index contributed by atoms with van der Waals surface area (Å²) < 4.78 is 0. The maximum Gasteiger partial charge on any atom is 0.243 e. The van der Waals surface area contributed by atoms with Gasteiger partial charge in [-0.1, -0.05) is 61.9 Å². The fourth-order valence-electron chi connectivity index (χ4n) is 4.22. The second-order valence-electron chi connectivity index (χ2n) is 9.31. The summed E-state index contributed by atoms with van der Waals surface area (Å²) >= 11 is 0. The topological polar surface area (TPSA) is 84.8 Å². The van der Waals surface area contributed by atoms with Crippen LogP contribution in [0, 0.1) is 18.3 Å². The average molecular weight is 478 g/mol. The molecule has 2 N–H and O–H groups in total. The lowest BCUT2D eigenvalue weighted by Crippen LogP contribution is -2.37. The zero-order valence-electron chi connectivity index (χ0n) is 20.9. The highest BCUT2D eigenvalue weighted by atomic mass is 16.2. The molecule has 1 heterocycles. The van der Waals surface area contributed by atoms with Gasteiger partial charge in [-0.2, -0.15) is 5.26 Å². The summed E-state index contributed by atoms with van der Waals surface area (Å²) in [6.45, 7) is 6.45. The molecule has 3 aromatic carbocycles. The number of aromatic nitrogens is 2. The Labute approximate surface area is 212 Å². The number of aryl methyl sites for hydroxylation is 1. The largest absolute Gasteiger partial charge is 0.353 e. The van der Waals surface area contributed by atoms with Gasteiger partial charge in [0.15, 0.2) is 0 Å². The van der Waals surface area contributed by atoms with Crippen molar-refractivity contribution in [3.63, 3.8) is 0 Å². The molecule has 0 fully saturated rings. The zero-order valence-corrected chi connectivity index (χ0v) is 20.9. The van der Waals surface area contributed by atoms with Crippen molar-refractivity contribution in [1.29, 1.82) is 5.26 Å². The predicted molar refractivity (Wildman–Crippen MR) is 144 cm³/mol. The maximum atomic E-state index is 13.3. The fraction of sp³-hybridized carbons (Fsp3) is 0.233. The molecule has 0 spiro atoms. The first kappa shape index (κ1) is 24.7. The van der Waals surface area contributed by atoms with E-state index in [1.165, 1.54) is 11.1 Å². The monoisotopic (exact) mass is 477 g/mol. The molecule has 0 aliphatic carbocycles. The van der Waals surface area contributed by atoms with E-state index in [0.717, 1.165) is 22.6 Å². The van der Waals surface area contributed by atoms with E-state index in [1.807, 2.05) is 53.6 Å². The van der Waals surface area contributed by atoms with Gasteiger partial charge in [0.2, 0.25) is 5.91 Å². The number of nitrogens with zero attached hydrogens (tertiary/aromatic N) is 3. The van der Waals surface area contributed by atoms with Gasteiger partial charge in [-0.25, -0.2) is 4.98 Å². The summed E-state index contributed by atoms with van der Waals surface area (Å²) in [6, 6.07) is 25.7. The van der Waals surface area contributed by atoms with Crippen molar-refractivity contribution < 1.29 is 4.79 Å². The highest BCUT2D eigenvalue weighted by molar-refractivity contribution is 5.94. The minimum absolute atomic E-state index is 0.101. The molecule has 6 nitrogen and oxygen atoms in total. The van der Waals surface area contributed by atoms with Crippen molar-refractivity contribution in [2.45, 2.75) is 39.2 Å². The molecule has 1 aromatic heterocycles. The van der Waals surface area contributed by atoms with Crippen molar-refractivity contribution in [2.24, 2.45) is 0 Å². The van der Waals surface area contributed by atoms with Crippen LogP contribution >= 0.6 is 0 Å². The minimum Gasteiger partial charge on any atom is -0.353 e. The molecular formula is C30H31N5O. The Morgan fingerprint density at radius 3 is 2.47 bits per heavy atom. The van der Waals surface area contributed by atoms with E-state index in [0.29, 0.717) is 17.9 Å². The number of benzene rings is 3. The second kappa shape index (κ2) is 11.4. The van der Waals surface area contributed by atoms with Crippen LogP contribution in [0.4, 0.5) is 11.4 Å². The number of imidazole rings is 1. The number of H-pyrrole nitrogens is 1. The number of nitrogens with one attached hydrogen (secondary N) is 2. The number of nitriles is 1. The van der Waals surface area contributed by atoms with Crippen LogP contribution in [0.5, 0.6) is 0 Å². The molecular weight excluding hydrogens is 446 g/mol. The molecule has 0 saturated carbocycles. The van der Waals surface area contributed by atoms with Crippen LogP contribution in [0.15, 0.2) is 85.3 Å². The zero-order chi connectivity index (χ0) is 25.5. The molecule has 6 heteroatoms. The number of aromatic amines is 1. The van der Waals surface area contributed by atoms with Gasteiger partial charge in [-0.05, 0) is 60.7 Å². The summed E-state index contributed by atoms with van der Waals surface area (Å²) in [5.74, 6) is 0.285. The van der Waals surface area contributed by atoms with Crippen LogP contribution in [0.2, 0.25) is 0 Å². The summed E-state index contributed by atoms with van der Waals surface area (Å²) in [7, 11) is 0. The molecule has 36 heavy (non-hydrogen) atoms. The molecule has 1 amide bonds. The Hall–Kier alpha value is -4.37. The normalized spacial score (nSPS) is 11.6. The van der Waals surface area contributed by atoms with Gasteiger partial charge in [0, 0.05) is 17.6 Å². The molecule has 0 radical (unpaired) electrons. The molecule has 0 bridgehead atoms. The Balaban J connectivity index is 1.66. The number of amides is 1. The SMILES string of the molecule is Cc1ccc(CC(c2c[nH]cn2)N(CC(=O)Nc2ccc(C(C)C)cc2)c2cccc(C#N)c2)cc1. The highest BCUT2D eigenvalue weighted by Gasteiger charge is 2.26. The Morgan fingerprint density at radius 1 is 1.08 bits per heavy atom. The van der Waals surface area contributed by atoms with Gasteiger partial charge >= 0.3 is 0 Å². The first-order chi connectivity index (χ1) is 17.4. The van der Waals surface area contributed by atoms with Gasteiger partial charge in [0.25, 0.3) is 0 Å². The smallest absolute Gasteiger partial charge is 0.243 e. The van der Waals surface area contributed by atoms with E-state index in [4.69, 9.17) is 0 Å². The summed E-state index contributed by atoms with van der Waals surface area (Å²) in [5, 5.41) is 12.5. The highest BCUT2D eigenvalue weighted by Crippen LogP contribution is 2.30. The lowest BCUT2D eigenvalue weighted by molar-refractivity contribution is -0.115. The quantitative estimate of drug-likeness (QED) is 0.303. The third-order valence-corrected chi connectivity index (χ3v) is 6.27. The lowest BCUT2D eigenvalue weighted by Gasteiger charge is -2.33. The van der Waals surface area contributed by atoms with Crippen LogP contribution in [-0.4, -0.2) is 22.4 Å². The number of carbonyl (C=O) groups excluding carboxylic acids is 1. The van der Waals surface area contributed by atoms with Crippen LogP contribution in [-0.2, 0) is 11.2 Å². The summed E-state index contributed by atoms with van der Waals surface area (Å²) in [5.41, 5.74) is 6.46. The van der Waals surface area contributed by atoms with Crippen LogP contribution < -0.4 is 10.2 Å². The summed E-state index contributed by atoms with van der Waals surface area (Å²) in [4.78, 5) is 22.9. The maximum absolute atomic E-state index is 13.3. The minimum atomic E-state index is -0.220. The van der Waals surface area contributed by atoms with Crippen LogP contribution in [0.1, 0.15) is 53.8 Å². The van der Waals surface area contributed by atoms with Crippen molar-refractivity contribution >= 4 is 17.3 Å². The standard InChI is InChI=1S/C30H31N5O/c1-21(2)25-11-13-26(14-12-25)34-30(36)19-35(27-6-4-5-24(15-27)17-31)29(28-18-32-20-33-28)16-23-9-7-22(3)8-10-23/h4-15,18,20-21,29H,16,19H2,1-3H3,(H,32,33)(H,34,36). The Morgan fingerprint density at radius 2 is 1.83 bits per heavy atom. The summed E-state index contributed by atoms with van der Waals surface area (Å²) in [6.07, 6.45) is 4.17. The van der Waals surface area contributed by atoms with Gasteiger partial charge < -0.3 is 15.2 Å². The van der Waals surface area contributed by atoms with Crippen molar-refractivity contribution in [2.75, 3.05) is 16.8 Å².